The van der Waals surface area contributed by atoms with E-state index in [2.05, 4.69) is 25.3 Å². The molecule has 0 saturated carbocycles. The van der Waals surface area contributed by atoms with Crippen LogP contribution in [-0.2, 0) is 16.0 Å². The van der Waals surface area contributed by atoms with E-state index in [9.17, 15) is 9.18 Å². The molecule has 192 valence electrons. The van der Waals surface area contributed by atoms with Crippen molar-refractivity contribution < 1.29 is 22.8 Å². The summed E-state index contributed by atoms with van der Waals surface area (Å²) in [6.45, 7) is 5.09. The number of ether oxygens (including phenoxy) is 1. The van der Waals surface area contributed by atoms with Crippen LogP contribution in [0.5, 0.6) is 0 Å². The third-order valence-corrected chi connectivity index (χ3v) is 6.37. The first kappa shape index (κ1) is 23.3. The molecule has 37 heavy (non-hydrogen) atoms. The predicted molar refractivity (Wildman–Crippen MR) is 133 cm³/mol. The second kappa shape index (κ2) is 9.77. The number of fused-ring (bicyclic) bond motifs is 1. The van der Waals surface area contributed by atoms with E-state index in [0.717, 1.165) is 11.3 Å². The Morgan fingerprint density at radius 1 is 1.16 bits per heavy atom. The van der Waals surface area contributed by atoms with Gasteiger partial charge in [-0.05, 0) is 25.5 Å². The van der Waals surface area contributed by atoms with Crippen LogP contribution >= 0.6 is 0 Å². The summed E-state index contributed by atoms with van der Waals surface area (Å²) in [5.74, 6) is 0.577. The molecule has 1 N–H and O–H groups in total. The maximum Gasteiger partial charge on any atom is 0.300 e. The third-order valence-electron chi connectivity index (χ3n) is 6.37. The minimum Gasteiger partial charge on any atom is -0.444 e. The Labute approximate surface area is 211 Å². The summed E-state index contributed by atoms with van der Waals surface area (Å²) in [5, 5.41) is 2.91. The zero-order chi connectivity index (χ0) is 25.4. The third kappa shape index (κ3) is 4.96. The highest BCUT2D eigenvalue weighted by Crippen LogP contribution is 2.33. The molecule has 6 heterocycles. The van der Waals surface area contributed by atoms with E-state index in [0.29, 0.717) is 79.6 Å². The standard InChI is InChI=1S/C25H26FN7O4/c1-15-10-16(2-4-27-15)24-28-18(14-36-24)11-21(34)29-19-12-20-22(30-23(19)33-5-3-17(26)13-33)31-25(37-20)32-6-8-35-9-7-32/h2,4,10,12,14,17H,3,5-9,11,13H2,1H3,(H,29,34)/t17-/m1/s1. The molecule has 0 spiro atoms. The number of oxazole rings is 2. The Balaban J connectivity index is 1.25. The number of nitrogens with one attached hydrogen (secondary N) is 1. The summed E-state index contributed by atoms with van der Waals surface area (Å²) in [6.07, 6.45) is 2.59. The topological polar surface area (TPSA) is 123 Å². The summed E-state index contributed by atoms with van der Waals surface area (Å²) < 4.78 is 31.0. The van der Waals surface area contributed by atoms with Crippen LogP contribution in [0.2, 0.25) is 0 Å². The number of alkyl halides is 1. The Morgan fingerprint density at radius 3 is 2.81 bits per heavy atom. The number of carbonyl (C=O) groups is 1. The Hall–Kier alpha value is -4.06. The van der Waals surface area contributed by atoms with Crippen LogP contribution in [0, 0.1) is 6.92 Å². The van der Waals surface area contributed by atoms with Crippen molar-refractivity contribution in [3.63, 3.8) is 0 Å². The Kier molecular flexibility index (Phi) is 6.16. The summed E-state index contributed by atoms with van der Waals surface area (Å²) in [5.41, 5.74) is 3.39. The van der Waals surface area contributed by atoms with Crippen LogP contribution in [0.15, 0.2) is 39.5 Å². The van der Waals surface area contributed by atoms with Gasteiger partial charge in [0.2, 0.25) is 17.4 Å². The molecular weight excluding hydrogens is 481 g/mol. The highest BCUT2D eigenvalue weighted by atomic mass is 19.1. The molecule has 0 radical (unpaired) electrons. The van der Waals surface area contributed by atoms with E-state index in [1.807, 2.05) is 22.8 Å². The summed E-state index contributed by atoms with van der Waals surface area (Å²) in [4.78, 5) is 34.6. The highest BCUT2D eigenvalue weighted by molar-refractivity contribution is 5.97. The molecule has 2 aliphatic heterocycles. The number of nitrogens with zero attached hydrogens (tertiary/aromatic N) is 6. The van der Waals surface area contributed by atoms with E-state index in [-0.39, 0.29) is 18.9 Å². The van der Waals surface area contributed by atoms with Gasteiger partial charge in [0.1, 0.15) is 12.4 Å². The Morgan fingerprint density at radius 2 is 2.03 bits per heavy atom. The quantitative estimate of drug-likeness (QED) is 0.416. The average molecular weight is 508 g/mol. The fraction of sp³-hybridized carbons (Fsp3) is 0.400. The molecule has 0 aromatic carbocycles. The lowest BCUT2D eigenvalue weighted by Gasteiger charge is -2.24. The van der Waals surface area contributed by atoms with Crippen LogP contribution < -0.4 is 15.1 Å². The van der Waals surface area contributed by atoms with Gasteiger partial charge in [-0.15, -0.1) is 0 Å². The number of amides is 1. The first-order valence-corrected chi connectivity index (χ1v) is 12.2. The van der Waals surface area contributed by atoms with E-state index in [4.69, 9.17) is 13.6 Å². The molecule has 1 atom stereocenters. The predicted octanol–water partition coefficient (Wildman–Crippen LogP) is 3.15. The zero-order valence-corrected chi connectivity index (χ0v) is 20.3. The molecule has 0 unspecified atom stereocenters. The van der Waals surface area contributed by atoms with Crippen molar-refractivity contribution in [2.24, 2.45) is 0 Å². The lowest BCUT2D eigenvalue weighted by molar-refractivity contribution is -0.115. The van der Waals surface area contributed by atoms with Crippen LogP contribution in [-0.4, -0.2) is 71.4 Å². The van der Waals surface area contributed by atoms with Crippen molar-refractivity contribution in [1.29, 1.82) is 0 Å². The number of anilines is 3. The normalized spacial score (nSPS) is 18.1. The van der Waals surface area contributed by atoms with Crippen LogP contribution in [0.4, 0.5) is 21.9 Å². The lowest BCUT2D eigenvalue weighted by atomic mass is 10.2. The molecule has 0 aliphatic carbocycles. The second-order valence-corrected chi connectivity index (χ2v) is 9.16. The Bertz CT molecular complexity index is 1430. The lowest BCUT2D eigenvalue weighted by Crippen LogP contribution is -2.36. The number of rotatable bonds is 6. The van der Waals surface area contributed by atoms with Crippen molar-refractivity contribution in [1.82, 2.24) is 19.9 Å². The molecule has 2 fully saturated rings. The molecule has 4 aromatic rings. The smallest absolute Gasteiger partial charge is 0.300 e. The summed E-state index contributed by atoms with van der Waals surface area (Å²) in [7, 11) is 0. The second-order valence-electron chi connectivity index (χ2n) is 9.16. The average Bonchev–Trinajstić information content (AvgIpc) is 3.64. The van der Waals surface area contributed by atoms with Gasteiger partial charge in [0.05, 0.1) is 37.6 Å². The monoisotopic (exact) mass is 507 g/mol. The van der Waals surface area contributed by atoms with E-state index in [1.54, 1.807) is 18.3 Å². The molecule has 6 rings (SSSR count). The fourth-order valence-corrected chi connectivity index (χ4v) is 4.53. The summed E-state index contributed by atoms with van der Waals surface area (Å²) in [6, 6.07) is 5.81. The number of aromatic nitrogens is 4. The molecule has 2 aliphatic rings. The largest absolute Gasteiger partial charge is 0.444 e. The minimum atomic E-state index is -0.951. The van der Waals surface area contributed by atoms with Crippen LogP contribution in [0.25, 0.3) is 22.7 Å². The first-order chi connectivity index (χ1) is 18.0. The molecule has 2 saturated heterocycles. The van der Waals surface area contributed by atoms with Crippen molar-refractivity contribution in [2.75, 3.05) is 54.5 Å². The molecule has 0 bridgehead atoms. The van der Waals surface area contributed by atoms with Gasteiger partial charge in [-0.1, -0.05) is 0 Å². The van der Waals surface area contributed by atoms with Gasteiger partial charge in [0, 0.05) is 43.2 Å². The van der Waals surface area contributed by atoms with Crippen LogP contribution in [0.1, 0.15) is 17.8 Å². The highest BCUT2D eigenvalue weighted by Gasteiger charge is 2.27. The summed E-state index contributed by atoms with van der Waals surface area (Å²) >= 11 is 0. The maximum atomic E-state index is 14.0. The van der Waals surface area contributed by atoms with Gasteiger partial charge in [0.25, 0.3) is 6.01 Å². The molecule has 4 aromatic heterocycles. The van der Waals surface area contributed by atoms with Crippen molar-refractivity contribution in [3.8, 4) is 11.5 Å². The van der Waals surface area contributed by atoms with Gasteiger partial charge < -0.3 is 28.7 Å². The van der Waals surface area contributed by atoms with E-state index in [1.165, 1.54) is 6.26 Å². The van der Waals surface area contributed by atoms with Crippen molar-refractivity contribution >= 4 is 34.7 Å². The number of pyridine rings is 2. The number of carbonyl (C=O) groups excluding carboxylic acids is 1. The van der Waals surface area contributed by atoms with Gasteiger partial charge in [-0.2, -0.15) is 4.98 Å². The molecule has 12 heteroatoms. The molecular formula is C25H26FN7O4. The minimum absolute atomic E-state index is 0.00773. The molecule has 1 amide bonds. The number of aryl methyl sites for hydroxylation is 1. The number of morpholine rings is 1. The van der Waals surface area contributed by atoms with Crippen molar-refractivity contribution in [3.05, 3.63) is 42.0 Å². The van der Waals surface area contributed by atoms with Gasteiger partial charge >= 0.3 is 0 Å². The number of hydrogen-bond donors (Lipinski definition) is 1. The number of hydrogen-bond acceptors (Lipinski definition) is 10. The maximum absolute atomic E-state index is 14.0. The van der Waals surface area contributed by atoms with E-state index >= 15 is 0 Å². The van der Waals surface area contributed by atoms with Gasteiger partial charge in [-0.3, -0.25) is 9.78 Å². The van der Waals surface area contributed by atoms with Gasteiger partial charge in [0.15, 0.2) is 11.4 Å². The van der Waals surface area contributed by atoms with E-state index < -0.39 is 6.17 Å². The van der Waals surface area contributed by atoms with Crippen LogP contribution in [0.3, 0.4) is 0 Å². The first-order valence-electron chi connectivity index (χ1n) is 12.2. The number of halogens is 1. The SMILES string of the molecule is Cc1cc(-c2nc(CC(=O)Nc3cc4oc(N5CCOCC5)nc4nc3N3CC[C@@H](F)C3)co2)ccn1. The van der Waals surface area contributed by atoms with Crippen molar-refractivity contribution in [2.45, 2.75) is 25.9 Å². The van der Waals surface area contributed by atoms with Gasteiger partial charge in [-0.25, -0.2) is 14.4 Å². The zero-order valence-electron chi connectivity index (χ0n) is 20.3. The fourth-order valence-electron chi connectivity index (χ4n) is 4.53. The molecule has 11 nitrogen and oxygen atoms in total.